The number of rotatable bonds is 7. The van der Waals surface area contributed by atoms with Gasteiger partial charge in [0, 0.05) is 25.8 Å². The van der Waals surface area contributed by atoms with Crippen molar-refractivity contribution in [3.63, 3.8) is 0 Å². The minimum Gasteiger partial charge on any atom is -0.381 e. The van der Waals surface area contributed by atoms with E-state index in [0.29, 0.717) is 19.6 Å². The summed E-state index contributed by atoms with van der Waals surface area (Å²) in [6, 6.07) is 0. The number of nitrogens with zero attached hydrogens (tertiary/aromatic N) is 3. The van der Waals surface area contributed by atoms with Crippen molar-refractivity contribution in [1.82, 2.24) is 19.4 Å². The zero-order chi connectivity index (χ0) is 13.8. The zero-order valence-corrected chi connectivity index (χ0v) is 11.9. The van der Waals surface area contributed by atoms with Crippen LogP contribution in [-0.2, 0) is 16.6 Å². The lowest BCUT2D eigenvalue weighted by Gasteiger charge is -2.10. The number of nitrogen functional groups attached to an aromatic ring is 1. The monoisotopic (exact) mass is 275 g/mol. The van der Waals surface area contributed by atoms with Crippen molar-refractivity contribution in [3.05, 3.63) is 6.20 Å². The van der Waals surface area contributed by atoms with Crippen molar-refractivity contribution in [3.8, 4) is 0 Å². The Morgan fingerprint density at radius 1 is 1.50 bits per heavy atom. The number of sulfonamides is 1. The quantitative estimate of drug-likeness (QED) is 0.713. The van der Waals surface area contributed by atoms with Gasteiger partial charge in [-0.1, -0.05) is 6.92 Å². The van der Waals surface area contributed by atoms with Gasteiger partial charge in [0.25, 0.3) is 0 Å². The summed E-state index contributed by atoms with van der Waals surface area (Å²) in [5, 5.41) is 3.97. The summed E-state index contributed by atoms with van der Waals surface area (Å²) in [5.74, 6) is 0.0424. The second-order valence-corrected chi connectivity index (χ2v) is 6.08. The van der Waals surface area contributed by atoms with Crippen LogP contribution in [0.3, 0.4) is 0 Å². The summed E-state index contributed by atoms with van der Waals surface area (Å²) < 4.78 is 28.0. The third-order valence-corrected chi connectivity index (χ3v) is 3.83. The highest BCUT2D eigenvalue weighted by molar-refractivity contribution is 7.89. The van der Waals surface area contributed by atoms with Crippen molar-refractivity contribution < 1.29 is 8.42 Å². The Bertz CT molecular complexity index is 480. The van der Waals surface area contributed by atoms with E-state index in [0.717, 1.165) is 6.42 Å². The van der Waals surface area contributed by atoms with E-state index >= 15 is 0 Å². The Hall–Kier alpha value is -1.12. The summed E-state index contributed by atoms with van der Waals surface area (Å²) in [4.78, 5) is 1.95. The van der Waals surface area contributed by atoms with E-state index in [1.807, 2.05) is 25.9 Å². The number of nitrogens with one attached hydrogen (secondary N) is 1. The van der Waals surface area contributed by atoms with Gasteiger partial charge in [-0.3, -0.25) is 4.68 Å². The standard InChI is InChI=1S/C10H21N5O2S/c1-4-6-15-8-9(10(11)13-15)18(16,17)12-5-7-14(2)3/h8,12H,4-7H2,1-3H3,(H2,11,13). The van der Waals surface area contributed by atoms with E-state index in [1.54, 1.807) is 4.68 Å². The average molecular weight is 275 g/mol. The van der Waals surface area contributed by atoms with E-state index in [1.165, 1.54) is 6.20 Å². The molecule has 3 N–H and O–H groups in total. The SMILES string of the molecule is CCCn1cc(S(=O)(=O)NCCN(C)C)c(N)n1. The molecule has 0 saturated carbocycles. The molecule has 1 aromatic heterocycles. The Labute approximate surface area is 108 Å². The molecule has 0 unspecified atom stereocenters. The maximum atomic E-state index is 12.0. The van der Waals surface area contributed by atoms with Crippen molar-refractivity contribution in [2.24, 2.45) is 0 Å². The molecule has 1 rings (SSSR count). The van der Waals surface area contributed by atoms with Gasteiger partial charge in [-0.15, -0.1) is 0 Å². The maximum absolute atomic E-state index is 12.0. The Morgan fingerprint density at radius 2 is 2.17 bits per heavy atom. The van der Waals surface area contributed by atoms with Crippen LogP contribution >= 0.6 is 0 Å². The Balaban J connectivity index is 2.78. The molecule has 7 nitrogen and oxygen atoms in total. The number of aryl methyl sites for hydroxylation is 1. The first kappa shape index (κ1) is 14.9. The third-order valence-electron chi connectivity index (χ3n) is 2.35. The van der Waals surface area contributed by atoms with E-state index in [-0.39, 0.29) is 10.7 Å². The molecule has 0 fully saturated rings. The van der Waals surface area contributed by atoms with E-state index < -0.39 is 10.0 Å². The molecule has 1 aromatic rings. The second kappa shape index (κ2) is 6.17. The van der Waals surface area contributed by atoms with Gasteiger partial charge < -0.3 is 10.6 Å². The molecule has 8 heteroatoms. The van der Waals surface area contributed by atoms with Gasteiger partial charge in [0.15, 0.2) is 5.82 Å². The maximum Gasteiger partial charge on any atom is 0.245 e. The Morgan fingerprint density at radius 3 is 2.72 bits per heavy atom. The average Bonchev–Trinajstić information content (AvgIpc) is 2.60. The molecule has 0 aromatic carbocycles. The van der Waals surface area contributed by atoms with Crippen LogP contribution in [0.15, 0.2) is 11.1 Å². The van der Waals surface area contributed by atoms with Crippen molar-refractivity contribution >= 4 is 15.8 Å². The van der Waals surface area contributed by atoms with Crippen LogP contribution in [-0.4, -0.2) is 50.3 Å². The molecule has 0 atom stereocenters. The highest BCUT2D eigenvalue weighted by atomic mass is 32.2. The predicted octanol–water partition coefficient (Wildman–Crippen LogP) is -0.285. The van der Waals surface area contributed by atoms with Gasteiger partial charge in [-0.2, -0.15) is 5.10 Å². The molecule has 1 heterocycles. The molecule has 0 amide bonds. The number of aromatic nitrogens is 2. The fraction of sp³-hybridized carbons (Fsp3) is 0.700. The number of nitrogens with two attached hydrogens (primary N) is 1. The molecular formula is C10H21N5O2S. The first-order valence-corrected chi connectivity index (χ1v) is 7.32. The number of hydrogen-bond acceptors (Lipinski definition) is 5. The number of anilines is 1. The van der Waals surface area contributed by atoms with Crippen molar-refractivity contribution in [2.45, 2.75) is 24.8 Å². The van der Waals surface area contributed by atoms with Crippen LogP contribution < -0.4 is 10.5 Å². The summed E-state index contributed by atoms with van der Waals surface area (Å²) in [7, 11) is 0.185. The summed E-state index contributed by atoms with van der Waals surface area (Å²) in [6.07, 6.45) is 2.34. The van der Waals surface area contributed by atoms with Gasteiger partial charge in [0.2, 0.25) is 10.0 Å². The summed E-state index contributed by atoms with van der Waals surface area (Å²) >= 11 is 0. The van der Waals surface area contributed by atoms with Gasteiger partial charge in [0.1, 0.15) is 4.90 Å². The molecule has 0 aliphatic heterocycles. The molecule has 104 valence electrons. The van der Waals surface area contributed by atoms with Crippen molar-refractivity contribution in [2.75, 3.05) is 32.9 Å². The molecular weight excluding hydrogens is 254 g/mol. The Kier molecular flexibility index (Phi) is 5.12. The molecule has 0 aliphatic carbocycles. The van der Waals surface area contributed by atoms with Crippen LogP contribution in [0.1, 0.15) is 13.3 Å². The van der Waals surface area contributed by atoms with Gasteiger partial charge in [-0.25, -0.2) is 13.1 Å². The highest BCUT2D eigenvalue weighted by Gasteiger charge is 2.20. The van der Waals surface area contributed by atoms with Crippen molar-refractivity contribution in [1.29, 1.82) is 0 Å². The highest BCUT2D eigenvalue weighted by Crippen LogP contribution is 2.15. The van der Waals surface area contributed by atoms with Crippen LogP contribution in [0, 0.1) is 0 Å². The van der Waals surface area contributed by atoms with Gasteiger partial charge in [0.05, 0.1) is 0 Å². The zero-order valence-electron chi connectivity index (χ0n) is 11.0. The molecule has 0 radical (unpaired) electrons. The molecule has 0 bridgehead atoms. The van der Waals surface area contributed by atoms with E-state index in [2.05, 4.69) is 9.82 Å². The molecule has 0 aliphatic rings. The first-order valence-electron chi connectivity index (χ1n) is 5.84. The minimum absolute atomic E-state index is 0.0424. The molecule has 18 heavy (non-hydrogen) atoms. The topological polar surface area (TPSA) is 93.2 Å². The lowest BCUT2D eigenvalue weighted by atomic mass is 10.5. The van der Waals surface area contributed by atoms with Gasteiger partial charge in [-0.05, 0) is 20.5 Å². The summed E-state index contributed by atoms with van der Waals surface area (Å²) in [5.41, 5.74) is 5.63. The van der Waals surface area contributed by atoms with Crippen LogP contribution in [0.25, 0.3) is 0 Å². The number of likely N-dealkylation sites (N-methyl/N-ethyl adjacent to an activating group) is 1. The molecule has 0 spiro atoms. The molecule has 0 saturated heterocycles. The van der Waals surface area contributed by atoms with E-state index in [4.69, 9.17) is 5.73 Å². The summed E-state index contributed by atoms with van der Waals surface area (Å²) in [6.45, 7) is 3.61. The van der Waals surface area contributed by atoms with Crippen LogP contribution in [0.5, 0.6) is 0 Å². The minimum atomic E-state index is -3.57. The van der Waals surface area contributed by atoms with Crippen LogP contribution in [0.2, 0.25) is 0 Å². The largest absolute Gasteiger partial charge is 0.381 e. The lowest BCUT2D eigenvalue weighted by Crippen LogP contribution is -2.31. The van der Waals surface area contributed by atoms with E-state index in [9.17, 15) is 8.42 Å². The third kappa shape index (κ3) is 3.97. The van der Waals surface area contributed by atoms with Gasteiger partial charge >= 0.3 is 0 Å². The fourth-order valence-corrected chi connectivity index (χ4v) is 2.54. The second-order valence-electron chi connectivity index (χ2n) is 4.34. The first-order chi connectivity index (χ1) is 8.36. The van der Waals surface area contributed by atoms with Crippen LogP contribution in [0.4, 0.5) is 5.82 Å². The lowest BCUT2D eigenvalue weighted by molar-refractivity contribution is 0.412. The normalized spacial score (nSPS) is 12.2. The number of hydrogen-bond donors (Lipinski definition) is 2. The fourth-order valence-electron chi connectivity index (χ4n) is 1.45. The predicted molar refractivity (Wildman–Crippen MR) is 70.7 cm³/mol. The smallest absolute Gasteiger partial charge is 0.245 e.